The molecule has 0 amide bonds. The molecule has 2 heterocycles. The molecule has 2 N–H and O–H groups in total. The Morgan fingerprint density at radius 2 is 1.97 bits per heavy atom. The number of aromatic carboxylic acids is 1. The Kier molecular flexibility index (Phi) is 5.67. The van der Waals surface area contributed by atoms with Crippen molar-refractivity contribution in [2.75, 3.05) is 0 Å². The Bertz CT molecular complexity index is 1170. The van der Waals surface area contributed by atoms with Crippen molar-refractivity contribution in [3.8, 4) is 0 Å². The number of para-hydroxylation sites is 1. The van der Waals surface area contributed by atoms with Gasteiger partial charge in [-0.05, 0) is 35.2 Å². The number of nitrogens with zero attached hydrogens (tertiary/aromatic N) is 1. The molecule has 2 aromatic carbocycles. The monoisotopic (exact) mass is 428 g/mol. The maximum atomic E-state index is 13.4. The van der Waals surface area contributed by atoms with E-state index in [1.54, 1.807) is 22.0 Å². The summed E-state index contributed by atoms with van der Waals surface area (Å²) in [4.78, 5) is 13.4. The van der Waals surface area contributed by atoms with Gasteiger partial charge >= 0.3 is 5.97 Å². The van der Waals surface area contributed by atoms with Crippen LogP contribution in [0.25, 0.3) is 10.9 Å². The molecule has 148 valence electrons. The van der Waals surface area contributed by atoms with Gasteiger partial charge < -0.3 is 15.0 Å². The van der Waals surface area contributed by atoms with E-state index in [2.05, 4.69) is 5.32 Å². The molecule has 7 heteroatoms. The van der Waals surface area contributed by atoms with Gasteiger partial charge in [0, 0.05) is 46.0 Å². The largest absolute Gasteiger partial charge is 0.477 e. The zero-order chi connectivity index (χ0) is 20.4. The third kappa shape index (κ3) is 4.05. The summed E-state index contributed by atoms with van der Waals surface area (Å²) in [6.45, 7) is 1.33. The molecule has 0 atom stereocenters. The summed E-state index contributed by atoms with van der Waals surface area (Å²) >= 11 is 7.85. The SMILES string of the molecule is O=C(O)c1c(CNCc2cccs2)c2ccccc2n1Cc1ccc(F)cc1Cl. The normalized spacial score (nSPS) is 11.2. The van der Waals surface area contributed by atoms with E-state index in [1.165, 1.54) is 17.0 Å². The van der Waals surface area contributed by atoms with Gasteiger partial charge in [0.2, 0.25) is 0 Å². The van der Waals surface area contributed by atoms with E-state index in [0.29, 0.717) is 18.7 Å². The summed E-state index contributed by atoms with van der Waals surface area (Å²) in [6, 6.07) is 15.8. The summed E-state index contributed by atoms with van der Waals surface area (Å²) in [6.07, 6.45) is 0. The van der Waals surface area contributed by atoms with Crippen LogP contribution >= 0.6 is 22.9 Å². The van der Waals surface area contributed by atoms with E-state index in [0.717, 1.165) is 16.5 Å². The first-order valence-corrected chi connectivity index (χ1v) is 10.3. The maximum Gasteiger partial charge on any atom is 0.352 e. The van der Waals surface area contributed by atoms with Gasteiger partial charge in [0.15, 0.2) is 0 Å². The number of carboxylic acids is 1. The Hall–Kier alpha value is -2.67. The standard InChI is InChI=1S/C22H18ClFN2O2S/c23-19-10-15(24)8-7-14(19)13-26-20-6-2-1-5-17(20)18(21(26)22(27)28)12-25-11-16-4-3-9-29-16/h1-10,25H,11-13H2,(H,27,28). The Labute approximate surface area is 176 Å². The molecule has 0 saturated heterocycles. The third-order valence-electron chi connectivity index (χ3n) is 4.80. The molecule has 4 aromatic rings. The average molecular weight is 429 g/mol. The van der Waals surface area contributed by atoms with Gasteiger partial charge in [-0.3, -0.25) is 0 Å². The van der Waals surface area contributed by atoms with Crippen LogP contribution in [0.4, 0.5) is 4.39 Å². The van der Waals surface area contributed by atoms with Crippen molar-refractivity contribution in [3.05, 3.63) is 92.5 Å². The minimum Gasteiger partial charge on any atom is -0.477 e. The van der Waals surface area contributed by atoms with Crippen molar-refractivity contribution in [2.45, 2.75) is 19.6 Å². The number of nitrogens with one attached hydrogen (secondary N) is 1. The van der Waals surface area contributed by atoms with Gasteiger partial charge in [-0.15, -0.1) is 11.3 Å². The highest BCUT2D eigenvalue weighted by molar-refractivity contribution is 7.09. The minimum atomic E-state index is -1.01. The lowest BCUT2D eigenvalue weighted by atomic mass is 10.1. The molecule has 29 heavy (non-hydrogen) atoms. The third-order valence-corrected chi connectivity index (χ3v) is 6.03. The maximum absolute atomic E-state index is 13.4. The number of carboxylic acid groups (broad SMARTS) is 1. The lowest BCUT2D eigenvalue weighted by Crippen LogP contribution is -2.17. The zero-order valence-corrected chi connectivity index (χ0v) is 16.9. The summed E-state index contributed by atoms with van der Waals surface area (Å²) in [5.41, 5.74) is 2.40. The molecular weight excluding hydrogens is 411 g/mol. The predicted molar refractivity (Wildman–Crippen MR) is 114 cm³/mol. The number of rotatable bonds is 7. The fourth-order valence-electron chi connectivity index (χ4n) is 3.51. The number of thiophene rings is 1. The van der Waals surface area contributed by atoms with Crippen LogP contribution in [0.1, 0.15) is 26.5 Å². The molecular formula is C22H18ClFN2O2S. The van der Waals surface area contributed by atoms with E-state index in [4.69, 9.17) is 11.6 Å². The summed E-state index contributed by atoms with van der Waals surface area (Å²) in [5, 5.41) is 16.5. The van der Waals surface area contributed by atoms with Gasteiger partial charge in [-0.25, -0.2) is 9.18 Å². The second-order valence-electron chi connectivity index (χ2n) is 6.65. The number of hydrogen-bond acceptors (Lipinski definition) is 3. The van der Waals surface area contributed by atoms with Crippen molar-refractivity contribution in [3.63, 3.8) is 0 Å². The van der Waals surface area contributed by atoms with E-state index in [-0.39, 0.29) is 17.3 Å². The van der Waals surface area contributed by atoms with Crippen LogP contribution in [0.2, 0.25) is 5.02 Å². The number of carbonyl (C=O) groups is 1. The topological polar surface area (TPSA) is 54.3 Å². The highest BCUT2D eigenvalue weighted by Gasteiger charge is 2.22. The Morgan fingerprint density at radius 1 is 1.14 bits per heavy atom. The van der Waals surface area contributed by atoms with Crippen LogP contribution in [0.5, 0.6) is 0 Å². The summed E-state index contributed by atoms with van der Waals surface area (Å²) < 4.78 is 15.1. The van der Waals surface area contributed by atoms with E-state index < -0.39 is 11.8 Å². The van der Waals surface area contributed by atoms with Crippen LogP contribution in [-0.4, -0.2) is 15.6 Å². The van der Waals surface area contributed by atoms with Crippen LogP contribution in [0, 0.1) is 5.82 Å². The fourth-order valence-corrected chi connectivity index (χ4v) is 4.41. The first kappa shape index (κ1) is 19.6. The van der Waals surface area contributed by atoms with E-state index in [1.807, 2.05) is 41.8 Å². The van der Waals surface area contributed by atoms with Gasteiger partial charge in [0.1, 0.15) is 11.5 Å². The number of aromatic nitrogens is 1. The number of halogens is 2. The zero-order valence-electron chi connectivity index (χ0n) is 15.4. The van der Waals surface area contributed by atoms with Crippen molar-refractivity contribution in [1.29, 1.82) is 0 Å². The van der Waals surface area contributed by atoms with Crippen LogP contribution in [0.3, 0.4) is 0 Å². The minimum absolute atomic E-state index is 0.213. The molecule has 0 aliphatic carbocycles. The molecule has 4 rings (SSSR count). The van der Waals surface area contributed by atoms with E-state index in [9.17, 15) is 14.3 Å². The predicted octanol–water partition coefficient (Wildman–Crippen LogP) is 5.53. The highest BCUT2D eigenvalue weighted by atomic mass is 35.5. The lowest BCUT2D eigenvalue weighted by molar-refractivity contribution is 0.0684. The van der Waals surface area contributed by atoms with Crippen LogP contribution in [0.15, 0.2) is 60.0 Å². The Balaban J connectivity index is 1.75. The van der Waals surface area contributed by atoms with Crippen molar-refractivity contribution in [2.24, 2.45) is 0 Å². The molecule has 4 nitrogen and oxygen atoms in total. The van der Waals surface area contributed by atoms with Crippen molar-refractivity contribution in [1.82, 2.24) is 9.88 Å². The molecule has 0 bridgehead atoms. The molecule has 0 unspecified atom stereocenters. The van der Waals surface area contributed by atoms with Crippen LogP contribution < -0.4 is 5.32 Å². The number of fused-ring (bicyclic) bond motifs is 1. The molecule has 0 radical (unpaired) electrons. The molecule has 0 aliphatic heterocycles. The average Bonchev–Trinajstić information content (AvgIpc) is 3.31. The van der Waals surface area contributed by atoms with Crippen LogP contribution in [-0.2, 0) is 19.6 Å². The molecule has 2 aromatic heterocycles. The molecule has 0 fully saturated rings. The van der Waals surface area contributed by atoms with Gasteiger partial charge in [0.25, 0.3) is 0 Å². The quantitative estimate of drug-likeness (QED) is 0.407. The summed E-state index contributed by atoms with van der Waals surface area (Å²) in [7, 11) is 0. The fraction of sp³-hybridized carbons (Fsp3) is 0.136. The molecule has 0 spiro atoms. The lowest BCUT2D eigenvalue weighted by Gasteiger charge is -2.11. The second kappa shape index (κ2) is 8.37. The van der Waals surface area contributed by atoms with Crippen molar-refractivity contribution < 1.29 is 14.3 Å². The highest BCUT2D eigenvalue weighted by Crippen LogP contribution is 2.29. The smallest absolute Gasteiger partial charge is 0.352 e. The van der Waals surface area contributed by atoms with Gasteiger partial charge in [-0.1, -0.05) is 41.9 Å². The van der Waals surface area contributed by atoms with Gasteiger partial charge in [-0.2, -0.15) is 0 Å². The molecule has 0 aliphatic rings. The first-order chi connectivity index (χ1) is 14.0. The molecule has 0 saturated carbocycles. The Morgan fingerprint density at radius 3 is 2.69 bits per heavy atom. The van der Waals surface area contributed by atoms with Gasteiger partial charge in [0.05, 0.1) is 0 Å². The second-order valence-corrected chi connectivity index (χ2v) is 8.09. The first-order valence-electron chi connectivity index (χ1n) is 9.05. The number of hydrogen-bond donors (Lipinski definition) is 2. The number of benzene rings is 2. The van der Waals surface area contributed by atoms with Crippen molar-refractivity contribution >= 4 is 39.8 Å². The summed E-state index contributed by atoms with van der Waals surface area (Å²) in [5.74, 6) is -1.43. The van der Waals surface area contributed by atoms with E-state index >= 15 is 0 Å².